The fraction of sp³-hybridized carbons (Fsp3) is 0.280. The minimum atomic E-state index is -0.788. The van der Waals surface area contributed by atoms with Crippen molar-refractivity contribution in [2.24, 2.45) is 0 Å². The highest BCUT2D eigenvalue weighted by molar-refractivity contribution is 8.00. The van der Waals surface area contributed by atoms with Crippen LogP contribution in [-0.4, -0.2) is 21.4 Å². The summed E-state index contributed by atoms with van der Waals surface area (Å²) in [6.07, 6.45) is 12.1. The van der Waals surface area contributed by atoms with Crippen molar-refractivity contribution >= 4 is 17.8 Å². The van der Waals surface area contributed by atoms with Crippen molar-refractivity contribution in [2.45, 2.75) is 49.4 Å². The maximum atomic E-state index is 11.1. The Morgan fingerprint density at radius 2 is 1.61 bits per heavy atom. The molecule has 28 heavy (non-hydrogen) atoms. The van der Waals surface area contributed by atoms with Gasteiger partial charge in [-0.2, -0.15) is 0 Å². The Balaban J connectivity index is 0.00000392. The third kappa shape index (κ3) is 8.75. The SMILES string of the molecule is CC(C)=CCC[C@](C)(O)[C@@H](/C=C\C=C\c1ccccc1)Sc1ccccc1.O. The topological polar surface area (TPSA) is 51.7 Å². The number of hydrogen-bond acceptors (Lipinski definition) is 2. The maximum absolute atomic E-state index is 11.1. The summed E-state index contributed by atoms with van der Waals surface area (Å²) in [5.74, 6) is 0. The van der Waals surface area contributed by atoms with Crippen LogP contribution in [0.3, 0.4) is 0 Å². The predicted molar refractivity (Wildman–Crippen MR) is 124 cm³/mol. The van der Waals surface area contributed by atoms with Crippen LogP contribution >= 0.6 is 11.8 Å². The first-order valence-corrected chi connectivity index (χ1v) is 10.3. The molecule has 0 aliphatic heterocycles. The first-order valence-electron chi connectivity index (χ1n) is 9.45. The Labute approximate surface area is 174 Å². The van der Waals surface area contributed by atoms with Gasteiger partial charge in [0, 0.05) is 4.90 Å². The number of rotatable bonds is 9. The second-order valence-electron chi connectivity index (χ2n) is 7.18. The summed E-state index contributed by atoms with van der Waals surface area (Å²) in [6.45, 7) is 6.14. The van der Waals surface area contributed by atoms with E-state index in [1.807, 2.05) is 55.5 Å². The van der Waals surface area contributed by atoms with E-state index >= 15 is 0 Å². The lowest BCUT2D eigenvalue weighted by Gasteiger charge is -2.30. The summed E-state index contributed by atoms with van der Waals surface area (Å²) in [5.41, 5.74) is 1.67. The van der Waals surface area contributed by atoms with Gasteiger partial charge in [-0.1, -0.05) is 84.5 Å². The molecule has 0 spiro atoms. The van der Waals surface area contributed by atoms with Crippen molar-refractivity contribution in [2.75, 3.05) is 0 Å². The molecule has 0 heterocycles. The Kier molecular flexibility index (Phi) is 10.6. The van der Waals surface area contributed by atoms with Gasteiger partial charge in [0.25, 0.3) is 0 Å². The van der Waals surface area contributed by atoms with E-state index in [-0.39, 0.29) is 10.7 Å². The lowest BCUT2D eigenvalue weighted by Crippen LogP contribution is -2.35. The molecule has 2 rings (SSSR count). The van der Waals surface area contributed by atoms with E-state index in [1.165, 1.54) is 16.0 Å². The standard InChI is InChI=1S/C25H30OS.H2O/c1-21(2)13-12-20-25(3,26)24(27-23-17-8-5-9-18-23)19-11-10-16-22-14-6-4-7-15-22;/h4-11,13-19,24,26H,12,20H2,1-3H3;1H2/b16-10+,19-11-;/t24-,25+;/m1./s1. The van der Waals surface area contributed by atoms with Crippen LogP contribution in [0.15, 0.2) is 95.4 Å². The average Bonchev–Trinajstić information content (AvgIpc) is 2.65. The summed E-state index contributed by atoms with van der Waals surface area (Å²) in [4.78, 5) is 1.17. The fourth-order valence-electron chi connectivity index (χ4n) is 2.71. The van der Waals surface area contributed by atoms with Crippen molar-refractivity contribution in [1.82, 2.24) is 0 Å². The van der Waals surface area contributed by atoms with E-state index < -0.39 is 5.60 Å². The van der Waals surface area contributed by atoms with Crippen LogP contribution in [0, 0.1) is 0 Å². The highest BCUT2D eigenvalue weighted by atomic mass is 32.2. The van der Waals surface area contributed by atoms with Gasteiger partial charge < -0.3 is 10.6 Å². The van der Waals surface area contributed by atoms with E-state index in [9.17, 15) is 5.11 Å². The van der Waals surface area contributed by atoms with Crippen molar-refractivity contribution in [3.63, 3.8) is 0 Å². The minimum Gasteiger partial charge on any atom is -0.412 e. The molecule has 0 fully saturated rings. The van der Waals surface area contributed by atoms with Gasteiger partial charge in [0.15, 0.2) is 0 Å². The van der Waals surface area contributed by atoms with Crippen LogP contribution in [0.5, 0.6) is 0 Å². The Morgan fingerprint density at radius 3 is 2.21 bits per heavy atom. The fourth-order valence-corrected chi connectivity index (χ4v) is 3.86. The average molecular weight is 397 g/mol. The number of thioether (sulfide) groups is 1. The van der Waals surface area contributed by atoms with Gasteiger partial charge in [-0.25, -0.2) is 0 Å². The van der Waals surface area contributed by atoms with E-state index in [2.05, 4.69) is 56.3 Å². The molecule has 0 unspecified atom stereocenters. The molecule has 0 aliphatic carbocycles. The number of benzene rings is 2. The van der Waals surface area contributed by atoms with Gasteiger partial charge >= 0.3 is 0 Å². The maximum Gasteiger partial charge on any atom is 0.0779 e. The van der Waals surface area contributed by atoms with Crippen LogP contribution in [-0.2, 0) is 0 Å². The molecule has 0 amide bonds. The Hall–Kier alpha value is -2.07. The number of allylic oxidation sites excluding steroid dienone is 4. The first-order chi connectivity index (χ1) is 13.0. The zero-order chi connectivity index (χ0) is 19.5. The molecule has 0 saturated heterocycles. The third-order valence-electron chi connectivity index (χ3n) is 4.31. The molecule has 3 N–H and O–H groups in total. The van der Waals surface area contributed by atoms with Crippen LogP contribution in [0.2, 0.25) is 0 Å². The monoisotopic (exact) mass is 396 g/mol. The molecular weight excluding hydrogens is 364 g/mol. The second kappa shape index (κ2) is 12.4. The van der Waals surface area contributed by atoms with Crippen molar-refractivity contribution < 1.29 is 10.6 Å². The molecule has 2 aromatic rings. The lowest BCUT2D eigenvalue weighted by atomic mass is 9.94. The van der Waals surface area contributed by atoms with Gasteiger partial charge in [0.05, 0.1) is 10.9 Å². The molecule has 0 bridgehead atoms. The summed E-state index contributed by atoms with van der Waals surface area (Å²) in [5, 5.41) is 11.1. The van der Waals surface area contributed by atoms with Crippen molar-refractivity contribution in [1.29, 1.82) is 0 Å². The van der Waals surface area contributed by atoms with Gasteiger partial charge in [0.1, 0.15) is 0 Å². The molecule has 2 aromatic carbocycles. The predicted octanol–water partition coefficient (Wildman–Crippen LogP) is 6.09. The van der Waals surface area contributed by atoms with E-state index in [1.54, 1.807) is 11.8 Å². The Morgan fingerprint density at radius 1 is 1.00 bits per heavy atom. The van der Waals surface area contributed by atoms with E-state index in [4.69, 9.17) is 0 Å². The molecule has 150 valence electrons. The molecule has 0 radical (unpaired) electrons. The van der Waals surface area contributed by atoms with E-state index in [0.717, 1.165) is 12.8 Å². The molecule has 0 aliphatic rings. The quantitative estimate of drug-likeness (QED) is 0.317. The van der Waals surface area contributed by atoms with Gasteiger partial charge in [-0.15, -0.1) is 11.8 Å². The summed E-state index contributed by atoms with van der Waals surface area (Å²) < 4.78 is 0. The summed E-state index contributed by atoms with van der Waals surface area (Å²) in [6, 6.07) is 20.5. The van der Waals surface area contributed by atoms with Gasteiger partial charge in [-0.3, -0.25) is 0 Å². The van der Waals surface area contributed by atoms with Gasteiger partial charge in [-0.05, 0) is 51.3 Å². The summed E-state index contributed by atoms with van der Waals surface area (Å²) in [7, 11) is 0. The van der Waals surface area contributed by atoms with Crippen molar-refractivity contribution in [3.8, 4) is 0 Å². The van der Waals surface area contributed by atoms with Crippen LogP contribution in [0.25, 0.3) is 6.08 Å². The lowest BCUT2D eigenvalue weighted by molar-refractivity contribution is 0.0603. The molecular formula is C25H32O2S. The van der Waals surface area contributed by atoms with Crippen molar-refractivity contribution in [3.05, 3.63) is 96.1 Å². The zero-order valence-electron chi connectivity index (χ0n) is 17.0. The molecule has 3 heteroatoms. The summed E-state index contributed by atoms with van der Waals surface area (Å²) >= 11 is 1.71. The zero-order valence-corrected chi connectivity index (χ0v) is 17.8. The van der Waals surface area contributed by atoms with E-state index in [0.29, 0.717) is 0 Å². The highest BCUT2D eigenvalue weighted by Crippen LogP contribution is 2.34. The number of aliphatic hydroxyl groups is 1. The van der Waals surface area contributed by atoms with Crippen LogP contribution < -0.4 is 0 Å². The third-order valence-corrected chi connectivity index (χ3v) is 5.77. The number of hydrogen-bond donors (Lipinski definition) is 1. The van der Waals surface area contributed by atoms with Crippen LogP contribution in [0.1, 0.15) is 39.2 Å². The van der Waals surface area contributed by atoms with Crippen LogP contribution in [0.4, 0.5) is 0 Å². The largest absolute Gasteiger partial charge is 0.412 e. The first kappa shape index (κ1) is 24.0. The molecule has 2 atom stereocenters. The smallest absolute Gasteiger partial charge is 0.0779 e. The molecule has 0 saturated carbocycles. The Bertz CT molecular complexity index is 758. The highest BCUT2D eigenvalue weighted by Gasteiger charge is 2.30. The molecule has 0 aromatic heterocycles. The normalized spacial score (nSPS) is 14.4. The second-order valence-corrected chi connectivity index (χ2v) is 8.40. The minimum absolute atomic E-state index is 0. The molecule has 2 nitrogen and oxygen atoms in total. The van der Waals surface area contributed by atoms with Gasteiger partial charge in [0.2, 0.25) is 0 Å².